The zero-order valence-corrected chi connectivity index (χ0v) is 14.0. The Labute approximate surface area is 128 Å². The highest BCUT2D eigenvalue weighted by Crippen LogP contribution is 2.22. The van der Waals surface area contributed by atoms with Crippen LogP contribution in [0.5, 0.6) is 0 Å². The molecule has 1 aliphatic heterocycles. The predicted molar refractivity (Wildman–Crippen MR) is 83.3 cm³/mol. The summed E-state index contributed by atoms with van der Waals surface area (Å²) < 4.78 is 34.0. The van der Waals surface area contributed by atoms with Crippen molar-refractivity contribution in [3.8, 4) is 0 Å². The average Bonchev–Trinajstić information content (AvgIpc) is 3.28. The van der Waals surface area contributed by atoms with E-state index in [1.54, 1.807) is 11.4 Å². The molecular formula is C14H29N3O3S. The van der Waals surface area contributed by atoms with E-state index >= 15 is 0 Å². The first kappa shape index (κ1) is 17.1. The zero-order chi connectivity index (χ0) is 15.3. The third-order valence-corrected chi connectivity index (χ3v) is 5.70. The van der Waals surface area contributed by atoms with Crippen molar-refractivity contribution in [3.05, 3.63) is 0 Å². The van der Waals surface area contributed by atoms with Crippen LogP contribution in [0.2, 0.25) is 0 Å². The van der Waals surface area contributed by atoms with Crippen molar-refractivity contribution in [2.45, 2.75) is 38.6 Å². The maximum atomic E-state index is 12.3. The number of nitrogens with zero attached hydrogens (tertiary/aromatic N) is 1. The molecule has 0 amide bonds. The van der Waals surface area contributed by atoms with Crippen molar-refractivity contribution in [2.75, 3.05) is 39.9 Å². The van der Waals surface area contributed by atoms with Gasteiger partial charge in [0.2, 0.25) is 0 Å². The fourth-order valence-electron chi connectivity index (χ4n) is 2.71. The molecule has 1 aliphatic carbocycles. The van der Waals surface area contributed by atoms with E-state index in [0.717, 1.165) is 19.4 Å². The molecule has 0 aromatic rings. The second-order valence-electron chi connectivity index (χ2n) is 6.46. The molecule has 2 unspecified atom stereocenters. The highest BCUT2D eigenvalue weighted by atomic mass is 32.2. The topological polar surface area (TPSA) is 70.7 Å². The van der Waals surface area contributed by atoms with Crippen LogP contribution in [0.15, 0.2) is 0 Å². The molecule has 0 aromatic heterocycles. The molecule has 2 fully saturated rings. The van der Waals surface area contributed by atoms with Crippen molar-refractivity contribution in [2.24, 2.45) is 11.8 Å². The first-order chi connectivity index (χ1) is 10.0. The number of piperidine rings is 1. The van der Waals surface area contributed by atoms with Gasteiger partial charge in [0.15, 0.2) is 0 Å². The molecule has 124 valence electrons. The second-order valence-corrected chi connectivity index (χ2v) is 8.22. The lowest BCUT2D eigenvalue weighted by atomic mass is 10.00. The van der Waals surface area contributed by atoms with Crippen LogP contribution >= 0.6 is 0 Å². The molecule has 1 saturated carbocycles. The lowest BCUT2D eigenvalue weighted by Crippen LogP contribution is -2.48. The Morgan fingerprint density at radius 2 is 2.10 bits per heavy atom. The van der Waals surface area contributed by atoms with E-state index in [1.165, 1.54) is 12.8 Å². The van der Waals surface area contributed by atoms with Gasteiger partial charge in [-0.2, -0.15) is 12.7 Å². The molecule has 2 atom stereocenters. The summed E-state index contributed by atoms with van der Waals surface area (Å²) in [5.41, 5.74) is 0. The van der Waals surface area contributed by atoms with Gasteiger partial charge >= 0.3 is 0 Å². The van der Waals surface area contributed by atoms with Crippen molar-refractivity contribution in [3.63, 3.8) is 0 Å². The maximum Gasteiger partial charge on any atom is 0.279 e. The van der Waals surface area contributed by atoms with Gasteiger partial charge in [0.05, 0.1) is 0 Å². The summed E-state index contributed by atoms with van der Waals surface area (Å²) in [5, 5.41) is 3.51. The molecule has 2 aliphatic rings. The Morgan fingerprint density at radius 1 is 1.33 bits per heavy atom. The number of hydrogen-bond acceptors (Lipinski definition) is 4. The van der Waals surface area contributed by atoms with Gasteiger partial charge in [-0.15, -0.1) is 0 Å². The van der Waals surface area contributed by atoms with Gasteiger partial charge in [0, 0.05) is 39.4 Å². The number of hydrogen-bond donors (Lipinski definition) is 2. The molecule has 2 N–H and O–H groups in total. The van der Waals surface area contributed by atoms with E-state index in [9.17, 15) is 8.42 Å². The minimum atomic E-state index is -3.35. The average molecular weight is 319 g/mol. The summed E-state index contributed by atoms with van der Waals surface area (Å²) >= 11 is 0. The van der Waals surface area contributed by atoms with E-state index in [2.05, 4.69) is 10.0 Å². The third-order valence-electron chi connectivity index (χ3n) is 4.16. The van der Waals surface area contributed by atoms with E-state index < -0.39 is 10.2 Å². The monoisotopic (exact) mass is 319 g/mol. The van der Waals surface area contributed by atoms with Crippen LogP contribution in [0.25, 0.3) is 0 Å². The molecule has 6 nitrogen and oxygen atoms in total. The Kier molecular flexibility index (Phi) is 6.43. The molecule has 0 radical (unpaired) electrons. The smallest absolute Gasteiger partial charge is 0.279 e. The van der Waals surface area contributed by atoms with E-state index in [1.807, 2.05) is 6.92 Å². The van der Waals surface area contributed by atoms with Crippen molar-refractivity contribution in [1.29, 1.82) is 0 Å². The lowest BCUT2D eigenvalue weighted by molar-refractivity contribution is 0.160. The summed E-state index contributed by atoms with van der Waals surface area (Å²) in [5.74, 6) is 0.620. The van der Waals surface area contributed by atoms with Crippen LogP contribution in [0, 0.1) is 11.8 Å². The van der Waals surface area contributed by atoms with Crippen molar-refractivity contribution in [1.82, 2.24) is 14.3 Å². The zero-order valence-electron chi connectivity index (χ0n) is 13.2. The third kappa shape index (κ3) is 5.83. The Bertz CT molecular complexity index is 412. The van der Waals surface area contributed by atoms with Gasteiger partial charge in [0.25, 0.3) is 10.2 Å². The number of methoxy groups -OCH3 is 1. The molecule has 0 spiro atoms. The second kappa shape index (κ2) is 7.87. The van der Waals surface area contributed by atoms with Gasteiger partial charge in [0.1, 0.15) is 0 Å². The van der Waals surface area contributed by atoms with Crippen LogP contribution in [0.3, 0.4) is 0 Å². The van der Waals surface area contributed by atoms with Gasteiger partial charge in [-0.1, -0.05) is 6.92 Å². The van der Waals surface area contributed by atoms with E-state index in [-0.39, 0.29) is 5.92 Å². The minimum absolute atomic E-state index is 0.182. The Hall–Kier alpha value is -0.210. The molecule has 2 rings (SSSR count). The van der Waals surface area contributed by atoms with Gasteiger partial charge < -0.3 is 10.1 Å². The van der Waals surface area contributed by atoms with E-state index in [0.29, 0.717) is 38.2 Å². The fraction of sp³-hybridized carbons (Fsp3) is 1.00. The molecule has 0 bridgehead atoms. The largest absolute Gasteiger partial charge is 0.384 e. The highest BCUT2D eigenvalue weighted by molar-refractivity contribution is 7.87. The van der Waals surface area contributed by atoms with Gasteiger partial charge in [-0.05, 0) is 44.1 Å². The summed E-state index contributed by atoms with van der Waals surface area (Å²) in [6.07, 6.45) is 4.61. The number of nitrogens with one attached hydrogen (secondary N) is 2. The SMILES string of the molecule is COCC(C)CNS(=O)(=O)N1CCCC(CNC2CC2)C1. The van der Waals surface area contributed by atoms with Gasteiger partial charge in [-0.3, -0.25) is 0 Å². The molecular weight excluding hydrogens is 290 g/mol. The van der Waals surface area contributed by atoms with Crippen molar-refractivity contribution >= 4 is 10.2 Å². The van der Waals surface area contributed by atoms with Crippen LogP contribution in [-0.4, -0.2) is 58.7 Å². The van der Waals surface area contributed by atoms with Crippen LogP contribution in [0.1, 0.15) is 32.6 Å². The maximum absolute atomic E-state index is 12.3. The summed E-state index contributed by atoms with van der Waals surface area (Å²) in [4.78, 5) is 0. The molecule has 7 heteroatoms. The van der Waals surface area contributed by atoms with Crippen LogP contribution in [0.4, 0.5) is 0 Å². The van der Waals surface area contributed by atoms with Gasteiger partial charge in [-0.25, -0.2) is 4.72 Å². The molecule has 1 saturated heterocycles. The highest BCUT2D eigenvalue weighted by Gasteiger charge is 2.30. The summed E-state index contributed by atoms with van der Waals surface area (Å²) in [6, 6.07) is 0.685. The van der Waals surface area contributed by atoms with E-state index in [4.69, 9.17) is 4.74 Å². The lowest BCUT2D eigenvalue weighted by Gasteiger charge is -2.32. The molecule has 0 aromatic carbocycles. The number of rotatable bonds is 9. The Morgan fingerprint density at radius 3 is 2.76 bits per heavy atom. The first-order valence-electron chi connectivity index (χ1n) is 7.98. The predicted octanol–water partition coefficient (Wildman–Crippen LogP) is 0.567. The number of ether oxygens (including phenoxy) is 1. The molecule has 1 heterocycles. The summed E-state index contributed by atoms with van der Waals surface area (Å²) in [7, 11) is -1.72. The quantitative estimate of drug-likeness (QED) is 0.652. The Balaban J connectivity index is 1.77. The van der Waals surface area contributed by atoms with Crippen molar-refractivity contribution < 1.29 is 13.2 Å². The fourth-order valence-corrected chi connectivity index (χ4v) is 4.17. The normalized spacial score (nSPS) is 25.9. The first-order valence-corrected chi connectivity index (χ1v) is 9.42. The minimum Gasteiger partial charge on any atom is -0.384 e. The van der Waals surface area contributed by atoms with Crippen LogP contribution in [-0.2, 0) is 14.9 Å². The summed E-state index contributed by atoms with van der Waals surface area (Å²) in [6.45, 7) is 5.18. The van der Waals surface area contributed by atoms with Crippen LogP contribution < -0.4 is 10.0 Å². The molecule has 21 heavy (non-hydrogen) atoms. The standard InChI is InChI=1S/C14H29N3O3S/c1-12(11-20-2)8-16-21(18,19)17-7-3-4-13(10-17)9-15-14-5-6-14/h12-16H,3-11H2,1-2H3.